The monoisotopic (exact) mass is 467 g/mol. The predicted molar refractivity (Wildman–Crippen MR) is 115 cm³/mol. The summed E-state index contributed by atoms with van der Waals surface area (Å²) in [5.74, 6) is -1.85. The number of para-hydroxylation sites is 1. The van der Waals surface area contributed by atoms with E-state index in [9.17, 15) is 14.4 Å². The second-order valence-corrected chi connectivity index (χ2v) is 8.07. The first-order valence-corrected chi connectivity index (χ1v) is 10.5. The van der Waals surface area contributed by atoms with Gasteiger partial charge in [-0.1, -0.05) is 23.5 Å². The largest absolute Gasteiger partial charge is 0.456 e. The molecule has 4 atom stereocenters. The van der Waals surface area contributed by atoms with Crippen molar-refractivity contribution in [3.05, 3.63) is 24.3 Å². The van der Waals surface area contributed by atoms with E-state index in [2.05, 4.69) is 15.6 Å². The number of nitrogens with zero attached hydrogens (tertiary/aromatic N) is 1. The SMILES string of the molecule is CC(=O)O[C@H]1[C@H](OC(C)=O)[C@@H](NC(=S)Nc2nc3ccccc3s2)OC[C@H]1OC(C)=O. The third kappa shape index (κ3) is 6.09. The molecule has 2 N–H and O–H groups in total. The van der Waals surface area contributed by atoms with E-state index >= 15 is 0 Å². The van der Waals surface area contributed by atoms with Crippen LogP contribution in [0.4, 0.5) is 5.13 Å². The first-order chi connectivity index (χ1) is 14.7. The molecule has 0 aliphatic carbocycles. The Labute approximate surface area is 187 Å². The van der Waals surface area contributed by atoms with E-state index in [1.165, 1.54) is 32.1 Å². The Morgan fingerprint density at radius 2 is 1.71 bits per heavy atom. The normalized spacial score (nSPS) is 22.9. The highest BCUT2D eigenvalue weighted by Crippen LogP contribution is 2.26. The average molecular weight is 468 g/mol. The number of fused-ring (bicyclic) bond motifs is 1. The first-order valence-electron chi connectivity index (χ1n) is 9.29. The molecule has 12 heteroatoms. The van der Waals surface area contributed by atoms with Gasteiger partial charge >= 0.3 is 17.9 Å². The number of rotatable bonds is 5. The number of anilines is 1. The molecule has 1 aromatic heterocycles. The smallest absolute Gasteiger partial charge is 0.303 e. The Balaban J connectivity index is 1.75. The van der Waals surface area contributed by atoms with Gasteiger partial charge < -0.3 is 29.6 Å². The van der Waals surface area contributed by atoms with Crippen LogP contribution >= 0.6 is 23.6 Å². The van der Waals surface area contributed by atoms with E-state index in [1.807, 2.05) is 24.3 Å². The van der Waals surface area contributed by atoms with Crippen molar-refractivity contribution in [3.63, 3.8) is 0 Å². The molecule has 2 heterocycles. The number of thiocarbonyl (C=S) groups is 1. The van der Waals surface area contributed by atoms with Crippen molar-refractivity contribution < 1.29 is 33.3 Å². The highest BCUT2D eigenvalue weighted by Gasteiger charge is 2.47. The minimum Gasteiger partial charge on any atom is -0.456 e. The molecule has 0 unspecified atom stereocenters. The Hall–Kier alpha value is -2.83. The lowest BCUT2D eigenvalue weighted by atomic mass is 10.0. The van der Waals surface area contributed by atoms with Crippen LogP contribution in [0.3, 0.4) is 0 Å². The number of benzene rings is 1. The molecular weight excluding hydrogens is 446 g/mol. The lowest BCUT2D eigenvalue weighted by Gasteiger charge is -2.40. The number of ether oxygens (including phenoxy) is 4. The molecule has 0 radical (unpaired) electrons. The van der Waals surface area contributed by atoms with Gasteiger partial charge in [0.1, 0.15) is 0 Å². The Morgan fingerprint density at radius 1 is 1.06 bits per heavy atom. The van der Waals surface area contributed by atoms with Crippen molar-refractivity contribution in [1.29, 1.82) is 0 Å². The molecule has 31 heavy (non-hydrogen) atoms. The summed E-state index contributed by atoms with van der Waals surface area (Å²) in [5.41, 5.74) is 0.823. The van der Waals surface area contributed by atoms with Crippen LogP contribution in [0.25, 0.3) is 10.2 Å². The first kappa shape index (κ1) is 22.8. The number of carbonyl (C=O) groups excluding carboxylic acids is 3. The van der Waals surface area contributed by atoms with Gasteiger partial charge in [-0.15, -0.1) is 0 Å². The zero-order chi connectivity index (χ0) is 22.5. The van der Waals surface area contributed by atoms with Crippen molar-refractivity contribution in [2.75, 3.05) is 11.9 Å². The minimum atomic E-state index is -1.12. The second-order valence-electron chi connectivity index (χ2n) is 6.64. The van der Waals surface area contributed by atoms with Gasteiger partial charge in [0, 0.05) is 20.8 Å². The molecule has 3 rings (SSSR count). The summed E-state index contributed by atoms with van der Waals surface area (Å²) >= 11 is 6.76. The summed E-state index contributed by atoms with van der Waals surface area (Å²) < 4.78 is 22.5. The average Bonchev–Trinajstić information content (AvgIpc) is 3.07. The topological polar surface area (TPSA) is 125 Å². The van der Waals surface area contributed by atoms with E-state index in [0.717, 1.165) is 10.2 Å². The summed E-state index contributed by atoms with van der Waals surface area (Å²) in [4.78, 5) is 39.2. The second kappa shape index (κ2) is 9.98. The van der Waals surface area contributed by atoms with E-state index in [-0.39, 0.29) is 11.7 Å². The van der Waals surface area contributed by atoms with E-state index in [0.29, 0.717) is 5.13 Å². The van der Waals surface area contributed by atoms with Crippen LogP contribution < -0.4 is 10.6 Å². The van der Waals surface area contributed by atoms with Crippen LogP contribution in [0.2, 0.25) is 0 Å². The summed E-state index contributed by atoms with van der Waals surface area (Å²) in [6, 6.07) is 7.62. The number of hydrogen-bond acceptors (Lipinski definition) is 10. The maximum Gasteiger partial charge on any atom is 0.303 e. The summed E-state index contributed by atoms with van der Waals surface area (Å²) in [7, 11) is 0. The predicted octanol–water partition coefficient (Wildman–Crippen LogP) is 1.73. The Bertz CT molecular complexity index is 963. The number of thiazole rings is 1. The molecule has 1 saturated heterocycles. The van der Waals surface area contributed by atoms with Crippen LogP contribution in [0, 0.1) is 0 Å². The van der Waals surface area contributed by atoms with Gasteiger partial charge in [0.15, 0.2) is 34.8 Å². The van der Waals surface area contributed by atoms with Gasteiger partial charge in [0.05, 0.1) is 16.8 Å². The number of carbonyl (C=O) groups is 3. The number of aromatic nitrogens is 1. The molecule has 0 spiro atoms. The van der Waals surface area contributed by atoms with Crippen LogP contribution in [-0.4, -0.2) is 59.2 Å². The van der Waals surface area contributed by atoms with Crippen molar-refractivity contribution in [1.82, 2.24) is 10.3 Å². The molecule has 1 aliphatic rings. The van der Waals surface area contributed by atoms with Crippen LogP contribution in [-0.2, 0) is 33.3 Å². The summed E-state index contributed by atoms with van der Waals surface area (Å²) in [6.07, 6.45) is -4.11. The van der Waals surface area contributed by atoms with Gasteiger partial charge in [-0.2, -0.15) is 0 Å². The summed E-state index contributed by atoms with van der Waals surface area (Å²) in [5, 5.41) is 6.59. The van der Waals surface area contributed by atoms with E-state index < -0.39 is 42.4 Å². The van der Waals surface area contributed by atoms with Gasteiger partial charge in [-0.05, 0) is 24.4 Å². The van der Waals surface area contributed by atoms with Crippen LogP contribution in [0.5, 0.6) is 0 Å². The van der Waals surface area contributed by atoms with Gasteiger partial charge in [-0.3, -0.25) is 14.4 Å². The number of nitrogens with one attached hydrogen (secondary N) is 2. The zero-order valence-electron chi connectivity index (χ0n) is 16.9. The standard InChI is InChI=1S/C19H21N3O7S2/c1-9(23)27-13-8-26-17(16(29-11(3)25)15(13)28-10(2)24)21-18(30)22-19-20-12-6-4-5-7-14(12)31-19/h4-7,13,15-17H,8H2,1-3H3,(H2,20,21,22,30)/t13-,15-,16+,17+/m1/s1. The van der Waals surface area contributed by atoms with Gasteiger partial charge in [-0.25, -0.2) is 4.98 Å². The minimum absolute atomic E-state index is 0.100. The lowest BCUT2D eigenvalue weighted by Crippen LogP contribution is -2.62. The number of hydrogen-bond donors (Lipinski definition) is 2. The molecule has 2 aromatic rings. The molecule has 1 fully saturated rings. The fraction of sp³-hybridized carbons (Fsp3) is 0.421. The zero-order valence-corrected chi connectivity index (χ0v) is 18.6. The lowest BCUT2D eigenvalue weighted by molar-refractivity contribution is -0.227. The molecular formula is C19H21N3O7S2. The molecule has 166 valence electrons. The van der Waals surface area contributed by atoms with Gasteiger partial charge in [0.2, 0.25) is 0 Å². The number of esters is 3. The van der Waals surface area contributed by atoms with Crippen molar-refractivity contribution in [3.8, 4) is 0 Å². The van der Waals surface area contributed by atoms with Crippen molar-refractivity contribution in [2.45, 2.75) is 45.3 Å². The molecule has 1 aliphatic heterocycles. The molecule has 0 saturated carbocycles. The van der Waals surface area contributed by atoms with E-state index in [4.69, 9.17) is 31.2 Å². The molecule has 0 amide bonds. The third-order valence-corrected chi connectivity index (χ3v) is 5.31. The van der Waals surface area contributed by atoms with Crippen LogP contribution in [0.1, 0.15) is 20.8 Å². The van der Waals surface area contributed by atoms with Crippen molar-refractivity contribution >= 4 is 61.9 Å². The quantitative estimate of drug-likeness (QED) is 0.379. The fourth-order valence-corrected chi connectivity index (χ4v) is 4.20. The van der Waals surface area contributed by atoms with Crippen LogP contribution in [0.15, 0.2) is 24.3 Å². The Kier molecular flexibility index (Phi) is 7.36. The third-order valence-electron chi connectivity index (χ3n) is 4.14. The highest BCUT2D eigenvalue weighted by molar-refractivity contribution is 7.80. The van der Waals surface area contributed by atoms with Crippen molar-refractivity contribution in [2.24, 2.45) is 0 Å². The maximum absolute atomic E-state index is 11.7. The highest BCUT2D eigenvalue weighted by atomic mass is 32.1. The maximum atomic E-state index is 11.7. The summed E-state index contributed by atoms with van der Waals surface area (Å²) in [6.45, 7) is 3.52. The molecule has 10 nitrogen and oxygen atoms in total. The van der Waals surface area contributed by atoms with Gasteiger partial charge in [0.25, 0.3) is 0 Å². The Morgan fingerprint density at radius 3 is 2.35 bits per heavy atom. The van der Waals surface area contributed by atoms with E-state index in [1.54, 1.807) is 0 Å². The molecule has 1 aromatic carbocycles. The fourth-order valence-electron chi connectivity index (χ4n) is 3.05. The molecule has 0 bridgehead atoms.